The summed E-state index contributed by atoms with van der Waals surface area (Å²) in [5.74, 6) is 0.990. The number of aliphatic hydroxyl groups is 1. The van der Waals surface area contributed by atoms with Gasteiger partial charge in [0, 0.05) is 30.1 Å². The van der Waals surface area contributed by atoms with Gasteiger partial charge in [-0.05, 0) is 25.5 Å². The Morgan fingerprint density at radius 3 is 2.80 bits per heavy atom. The molecule has 0 fully saturated rings. The number of aliphatic hydroxyl groups excluding tert-OH is 1. The molecule has 3 nitrogen and oxygen atoms in total. The zero-order chi connectivity index (χ0) is 11.3. The van der Waals surface area contributed by atoms with Crippen molar-refractivity contribution >= 4 is 11.8 Å². The average Bonchev–Trinajstić information content (AvgIpc) is 2.24. The first kappa shape index (κ1) is 12.3. The largest absolute Gasteiger partial charge is 0.619 e. The Kier molecular flexibility index (Phi) is 4.91. The molecule has 4 heteroatoms. The Morgan fingerprint density at radius 1 is 1.40 bits per heavy atom. The van der Waals surface area contributed by atoms with Gasteiger partial charge in [-0.3, -0.25) is 0 Å². The second-order valence-corrected chi connectivity index (χ2v) is 4.63. The van der Waals surface area contributed by atoms with E-state index in [2.05, 4.69) is 0 Å². The number of pyridine rings is 1. The van der Waals surface area contributed by atoms with Crippen molar-refractivity contribution in [2.24, 2.45) is 0 Å². The smallest absolute Gasteiger partial charge is 0.193 e. The third kappa shape index (κ3) is 3.39. The fraction of sp³-hybridized carbons (Fsp3) is 0.545. The predicted molar refractivity (Wildman–Crippen MR) is 61.9 cm³/mol. The Morgan fingerprint density at radius 2 is 2.13 bits per heavy atom. The predicted octanol–water partition coefficient (Wildman–Crippen LogP) is 1.80. The molecule has 1 heterocycles. The SMILES string of the molecule is Cc1c(SCCCCO)cc[n+]([O-])c1C. The molecule has 0 saturated carbocycles. The number of nitrogens with zero attached hydrogens (tertiary/aromatic N) is 1. The Bertz CT molecular complexity index is 329. The van der Waals surface area contributed by atoms with E-state index in [9.17, 15) is 5.21 Å². The van der Waals surface area contributed by atoms with Crippen LogP contribution in [-0.2, 0) is 0 Å². The molecule has 0 spiro atoms. The minimum atomic E-state index is 0.258. The van der Waals surface area contributed by atoms with Crippen molar-refractivity contribution < 1.29 is 9.84 Å². The van der Waals surface area contributed by atoms with Gasteiger partial charge >= 0.3 is 0 Å². The zero-order valence-corrected chi connectivity index (χ0v) is 10.0. The summed E-state index contributed by atoms with van der Waals surface area (Å²) >= 11 is 1.75. The molecular weight excluding hydrogens is 210 g/mol. The van der Waals surface area contributed by atoms with E-state index in [1.807, 2.05) is 19.9 Å². The van der Waals surface area contributed by atoms with Crippen LogP contribution in [0.2, 0.25) is 0 Å². The molecule has 0 atom stereocenters. The van der Waals surface area contributed by atoms with Crippen molar-refractivity contribution in [3.63, 3.8) is 0 Å². The maximum Gasteiger partial charge on any atom is 0.193 e. The summed E-state index contributed by atoms with van der Waals surface area (Å²) in [6.07, 6.45) is 3.40. The summed E-state index contributed by atoms with van der Waals surface area (Å²) in [5, 5.41) is 19.9. The molecule has 1 aromatic heterocycles. The first-order chi connectivity index (χ1) is 7.16. The zero-order valence-electron chi connectivity index (χ0n) is 9.19. The average molecular weight is 227 g/mol. The molecule has 1 N–H and O–H groups in total. The first-order valence-electron chi connectivity index (χ1n) is 5.10. The van der Waals surface area contributed by atoms with Gasteiger partial charge in [-0.1, -0.05) is 0 Å². The highest BCUT2D eigenvalue weighted by Crippen LogP contribution is 2.23. The second-order valence-electron chi connectivity index (χ2n) is 3.50. The molecule has 0 saturated heterocycles. The normalized spacial score (nSPS) is 10.6. The van der Waals surface area contributed by atoms with Gasteiger partial charge in [-0.2, -0.15) is 4.73 Å². The van der Waals surface area contributed by atoms with E-state index in [0.717, 1.165) is 39.5 Å². The first-order valence-corrected chi connectivity index (χ1v) is 6.08. The molecular formula is C11H17NO2S. The van der Waals surface area contributed by atoms with E-state index in [0.29, 0.717) is 0 Å². The van der Waals surface area contributed by atoms with Crippen molar-refractivity contribution in [3.8, 4) is 0 Å². The summed E-state index contributed by atoms with van der Waals surface area (Å²) in [6, 6.07) is 1.86. The van der Waals surface area contributed by atoms with Crippen molar-refractivity contribution in [2.45, 2.75) is 31.6 Å². The number of hydrogen-bond donors (Lipinski definition) is 1. The lowest BCUT2D eigenvalue weighted by atomic mass is 10.2. The summed E-state index contributed by atoms with van der Waals surface area (Å²) in [7, 11) is 0. The number of rotatable bonds is 5. The van der Waals surface area contributed by atoms with Gasteiger partial charge in [0.1, 0.15) is 0 Å². The lowest BCUT2D eigenvalue weighted by molar-refractivity contribution is -0.613. The summed E-state index contributed by atoms with van der Waals surface area (Å²) in [6.45, 7) is 4.06. The van der Waals surface area contributed by atoms with Crippen LogP contribution >= 0.6 is 11.8 Å². The molecule has 0 bridgehead atoms. The molecule has 0 unspecified atom stereocenters. The van der Waals surface area contributed by atoms with Gasteiger partial charge in [-0.25, -0.2) is 0 Å². The second kappa shape index (κ2) is 5.98. The van der Waals surface area contributed by atoms with Gasteiger partial charge in [0.25, 0.3) is 0 Å². The Hall–Kier alpha value is -0.740. The van der Waals surface area contributed by atoms with Crippen LogP contribution in [0.5, 0.6) is 0 Å². The summed E-state index contributed by atoms with van der Waals surface area (Å²) < 4.78 is 0.896. The highest BCUT2D eigenvalue weighted by atomic mass is 32.2. The van der Waals surface area contributed by atoms with E-state index in [1.165, 1.54) is 0 Å². The lowest BCUT2D eigenvalue weighted by Crippen LogP contribution is -2.30. The molecule has 1 rings (SSSR count). The van der Waals surface area contributed by atoms with Crippen LogP contribution in [0.3, 0.4) is 0 Å². The number of unbranched alkanes of at least 4 members (excludes halogenated alkanes) is 1. The van der Waals surface area contributed by atoms with Crippen molar-refractivity contribution in [2.75, 3.05) is 12.4 Å². The number of aromatic nitrogens is 1. The molecule has 15 heavy (non-hydrogen) atoms. The Labute approximate surface area is 94.7 Å². The topological polar surface area (TPSA) is 47.2 Å². The molecule has 0 amide bonds. The van der Waals surface area contributed by atoms with Crippen molar-refractivity contribution in [3.05, 3.63) is 28.7 Å². The van der Waals surface area contributed by atoms with Crippen LogP contribution in [0.15, 0.2) is 17.2 Å². The van der Waals surface area contributed by atoms with Crippen LogP contribution in [0, 0.1) is 19.1 Å². The van der Waals surface area contributed by atoms with Gasteiger partial charge in [-0.15, -0.1) is 11.8 Å². The number of thioether (sulfide) groups is 1. The lowest BCUT2D eigenvalue weighted by Gasteiger charge is -2.08. The van der Waals surface area contributed by atoms with Gasteiger partial charge < -0.3 is 10.3 Å². The molecule has 0 radical (unpaired) electrons. The van der Waals surface area contributed by atoms with E-state index >= 15 is 0 Å². The number of hydrogen-bond acceptors (Lipinski definition) is 3. The van der Waals surface area contributed by atoms with E-state index < -0.39 is 0 Å². The standard InChI is InChI=1S/C11H17NO2S/c1-9-10(2)12(14)6-5-11(9)15-8-4-3-7-13/h5-6,13H,3-4,7-8H2,1-2H3. The van der Waals surface area contributed by atoms with E-state index in [-0.39, 0.29) is 6.61 Å². The highest BCUT2D eigenvalue weighted by molar-refractivity contribution is 7.99. The third-order valence-corrected chi connectivity index (χ3v) is 3.66. The Balaban J connectivity index is 2.58. The maximum atomic E-state index is 11.2. The summed E-state index contributed by atoms with van der Waals surface area (Å²) in [4.78, 5) is 1.16. The van der Waals surface area contributed by atoms with Crippen LogP contribution in [0.1, 0.15) is 24.1 Å². The fourth-order valence-corrected chi connectivity index (χ4v) is 2.36. The summed E-state index contributed by atoms with van der Waals surface area (Å²) in [5.41, 5.74) is 1.82. The van der Waals surface area contributed by atoms with Crippen molar-refractivity contribution in [1.82, 2.24) is 0 Å². The molecule has 0 aromatic carbocycles. The molecule has 0 aliphatic rings. The molecule has 1 aromatic rings. The van der Waals surface area contributed by atoms with Gasteiger partial charge in [0.15, 0.2) is 11.9 Å². The van der Waals surface area contributed by atoms with Crippen molar-refractivity contribution in [1.29, 1.82) is 0 Å². The highest BCUT2D eigenvalue weighted by Gasteiger charge is 2.08. The minimum absolute atomic E-state index is 0.258. The van der Waals surface area contributed by atoms with Gasteiger partial charge in [0.2, 0.25) is 0 Å². The third-order valence-electron chi connectivity index (χ3n) is 2.41. The molecule has 0 aliphatic carbocycles. The van der Waals surface area contributed by atoms with E-state index in [4.69, 9.17) is 5.11 Å². The minimum Gasteiger partial charge on any atom is -0.619 e. The van der Waals surface area contributed by atoms with E-state index in [1.54, 1.807) is 18.0 Å². The van der Waals surface area contributed by atoms with Crippen LogP contribution < -0.4 is 4.73 Å². The molecule has 84 valence electrons. The fourth-order valence-electron chi connectivity index (χ4n) is 1.27. The van der Waals surface area contributed by atoms with Crippen LogP contribution in [-0.4, -0.2) is 17.5 Å². The van der Waals surface area contributed by atoms with Gasteiger partial charge in [0.05, 0.1) is 0 Å². The monoisotopic (exact) mass is 227 g/mol. The molecule has 0 aliphatic heterocycles. The van der Waals surface area contributed by atoms with Crippen LogP contribution in [0.25, 0.3) is 0 Å². The quantitative estimate of drug-likeness (QED) is 0.361. The maximum absolute atomic E-state index is 11.2. The van der Waals surface area contributed by atoms with Crippen LogP contribution in [0.4, 0.5) is 0 Å².